The Kier molecular flexibility index (Phi) is 3.11. The summed E-state index contributed by atoms with van der Waals surface area (Å²) in [6.07, 6.45) is 2.27. The largest absolute Gasteiger partial charge is 0.346 e. The molecule has 18 heavy (non-hydrogen) atoms. The van der Waals surface area contributed by atoms with E-state index in [0.29, 0.717) is 11.7 Å². The minimum absolute atomic E-state index is 0.446. The van der Waals surface area contributed by atoms with Crippen LogP contribution in [-0.4, -0.2) is 23.2 Å². The minimum atomic E-state index is 0.446. The molecule has 3 rings (SSSR count). The van der Waals surface area contributed by atoms with E-state index >= 15 is 0 Å². The van der Waals surface area contributed by atoms with Gasteiger partial charge in [-0.2, -0.15) is 4.98 Å². The Morgan fingerprint density at radius 2 is 1.89 bits per heavy atom. The summed E-state index contributed by atoms with van der Waals surface area (Å²) in [5.41, 5.74) is 2.27. The van der Waals surface area contributed by atoms with Crippen LogP contribution in [0.1, 0.15) is 30.2 Å². The Labute approximate surface area is 106 Å². The molecule has 0 atom stereocenters. The zero-order valence-corrected chi connectivity index (χ0v) is 10.6. The van der Waals surface area contributed by atoms with E-state index in [9.17, 15) is 0 Å². The third kappa shape index (κ3) is 2.29. The highest BCUT2D eigenvalue weighted by Gasteiger charge is 2.23. The Morgan fingerprint density at radius 1 is 1.17 bits per heavy atom. The first-order valence-corrected chi connectivity index (χ1v) is 6.55. The average Bonchev–Trinajstić information content (AvgIpc) is 2.90. The normalized spacial score (nSPS) is 16.9. The molecule has 0 amide bonds. The highest BCUT2D eigenvalue weighted by atomic mass is 16.5. The van der Waals surface area contributed by atoms with Gasteiger partial charge >= 0.3 is 0 Å². The summed E-state index contributed by atoms with van der Waals surface area (Å²) in [5.74, 6) is 1.96. The van der Waals surface area contributed by atoms with Gasteiger partial charge in [0.1, 0.15) is 0 Å². The highest BCUT2D eigenvalue weighted by Crippen LogP contribution is 2.24. The van der Waals surface area contributed by atoms with Gasteiger partial charge in [-0.3, -0.25) is 0 Å². The van der Waals surface area contributed by atoms with Gasteiger partial charge in [0.25, 0.3) is 0 Å². The Hall–Kier alpha value is -1.68. The molecular weight excluding hydrogens is 226 g/mol. The van der Waals surface area contributed by atoms with Crippen LogP contribution in [0.5, 0.6) is 0 Å². The Bertz CT molecular complexity index is 512. The summed E-state index contributed by atoms with van der Waals surface area (Å²) in [6, 6.07) is 8.22. The topological polar surface area (TPSA) is 55.5 Å². The van der Waals surface area contributed by atoms with Crippen LogP contribution in [0.15, 0.2) is 28.8 Å². The Morgan fingerprint density at radius 3 is 2.61 bits per heavy atom. The molecule has 0 aliphatic carbocycles. The predicted octanol–water partition coefficient (Wildman–Crippen LogP) is 1.49. The van der Waals surface area contributed by atoms with E-state index in [-0.39, 0.29) is 0 Å². The number of benzene rings is 1. The molecular formula is C14H18N3O+. The number of piperidine rings is 1. The molecule has 0 unspecified atom stereocenters. The lowest BCUT2D eigenvalue weighted by Crippen LogP contribution is -2.86. The van der Waals surface area contributed by atoms with Gasteiger partial charge in [0.2, 0.25) is 11.7 Å². The van der Waals surface area contributed by atoms with Gasteiger partial charge in [0.15, 0.2) is 0 Å². The zero-order valence-electron chi connectivity index (χ0n) is 10.6. The van der Waals surface area contributed by atoms with Gasteiger partial charge in [0, 0.05) is 24.3 Å². The monoisotopic (exact) mass is 244 g/mol. The summed E-state index contributed by atoms with van der Waals surface area (Å²) in [7, 11) is 0. The van der Waals surface area contributed by atoms with Crippen LogP contribution in [0, 0.1) is 6.92 Å². The van der Waals surface area contributed by atoms with E-state index in [1.807, 2.05) is 12.1 Å². The molecule has 1 aliphatic heterocycles. The molecule has 1 aliphatic rings. The van der Waals surface area contributed by atoms with Gasteiger partial charge in [-0.25, -0.2) is 0 Å². The smallest absolute Gasteiger partial charge is 0.230 e. The fourth-order valence-electron chi connectivity index (χ4n) is 2.39. The summed E-state index contributed by atoms with van der Waals surface area (Å²) >= 11 is 0. The van der Waals surface area contributed by atoms with Crippen LogP contribution in [-0.2, 0) is 0 Å². The summed E-state index contributed by atoms with van der Waals surface area (Å²) in [4.78, 5) is 4.54. The van der Waals surface area contributed by atoms with Gasteiger partial charge in [-0.05, 0) is 6.92 Å². The van der Waals surface area contributed by atoms with Gasteiger partial charge in [-0.15, -0.1) is 0 Å². The lowest BCUT2D eigenvalue weighted by atomic mass is 9.98. The van der Waals surface area contributed by atoms with Crippen molar-refractivity contribution in [2.75, 3.05) is 13.1 Å². The van der Waals surface area contributed by atoms with E-state index in [1.165, 1.54) is 5.56 Å². The molecule has 2 N–H and O–H groups in total. The number of nitrogens with zero attached hydrogens (tertiary/aromatic N) is 2. The molecule has 1 aromatic heterocycles. The van der Waals surface area contributed by atoms with Crippen LogP contribution < -0.4 is 5.32 Å². The maximum absolute atomic E-state index is 5.41. The molecule has 0 radical (unpaired) electrons. The van der Waals surface area contributed by atoms with Crippen molar-refractivity contribution in [1.29, 1.82) is 0 Å². The van der Waals surface area contributed by atoms with Gasteiger partial charge in [0.05, 0.1) is 13.1 Å². The van der Waals surface area contributed by atoms with Crippen molar-refractivity contribution >= 4 is 0 Å². The number of hydrogen-bond donors (Lipinski definition) is 1. The fourth-order valence-corrected chi connectivity index (χ4v) is 2.39. The molecule has 1 saturated heterocycles. The summed E-state index contributed by atoms with van der Waals surface area (Å²) in [6.45, 7) is 4.39. The van der Waals surface area contributed by atoms with Gasteiger partial charge < -0.3 is 9.84 Å². The van der Waals surface area contributed by atoms with Crippen LogP contribution in [0.25, 0.3) is 11.4 Å². The minimum Gasteiger partial charge on any atom is -0.346 e. The van der Waals surface area contributed by atoms with E-state index in [1.54, 1.807) is 0 Å². The molecule has 4 nitrogen and oxygen atoms in total. The van der Waals surface area contributed by atoms with Crippen molar-refractivity contribution in [1.82, 2.24) is 10.1 Å². The molecule has 1 aromatic carbocycles. The molecule has 94 valence electrons. The first kappa shape index (κ1) is 11.4. The lowest BCUT2D eigenvalue weighted by molar-refractivity contribution is -0.663. The molecule has 0 bridgehead atoms. The number of aryl methyl sites for hydroxylation is 1. The SMILES string of the molecule is Cc1ccc(-c2noc(C3CC[NH2+]CC3)n2)cc1. The quantitative estimate of drug-likeness (QED) is 0.870. The van der Waals surface area contributed by atoms with Crippen molar-refractivity contribution in [3.8, 4) is 11.4 Å². The molecule has 0 spiro atoms. The second kappa shape index (κ2) is 4.90. The average molecular weight is 244 g/mol. The van der Waals surface area contributed by atoms with Crippen molar-refractivity contribution in [2.24, 2.45) is 0 Å². The summed E-state index contributed by atoms with van der Waals surface area (Å²) < 4.78 is 5.41. The summed E-state index contributed by atoms with van der Waals surface area (Å²) in [5, 5.41) is 6.44. The number of hydrogen-bond acceptors (Lipinski definition) is 3. The third-order valence-corrected chi connectivity index (χ3v) is 3.54. The first-order valence-electron chi connectivity index (χ1n) is 6.55. The standard InChI is InChI=1S/C14H17N3O/c1-10-2-4-11(5-3-10)13-16-14(18-17-13)12-6-8-15-9-7-12/h2-5,12,15H,6-9H2,1H3/p+1. The van der Waals surface area contributed by atoms with E-state index in [0.717, 1.165) is 37.4 Å². The van der Waals surface area contributed by atoms with Crippen LogP contribution >= 0.6 is 0 Å². The molecule has 0 saturated carbocycles. The first-order chi connectivity index (χ1) is 8.83. The number of nitrogens with two attached hydrogens (primary N) is 1. The predicted molar refractivity (Wildman–Crippen MR) is 68.1 cm³/mol. The van der Waals surface area contributed by atoms with Crippen LogP contribution in [0.2, 0.25) is 0 Å². The van der Waals surface area contributed by atoms with Crippen molar-refractivity contribution in [3.63, 3.8) is 0 Å². The molecule has 2 aromatic rings. The molecule has 2 heterocycles. The maximum Gasteiger partial charge on any atom is 0.230 e. The number of rotatable bonds is 2. The van der Waals surface area contributed by atoms with Crippen molar-refractivity contribution in [2.45, 2.75) is 25.7 Å². The number of quaternary nitrogens is 1. The van der Waals surface area contributed by atoms with Gasteiger partial charge in [-0.1, -0.05) is 35.0 Å². The Balaban J connectivity index is 1.82. The van der Waals surface area contributed by atoms with E-state index in [2.05, 4.69) is 34.5 Å². The van der Waals surface area contributed by atoms with Crippen LogP contribution in [0.4, 0.5) is 0 Å². The molecule has 1 fully saturated rings. The maximum atomic E-state index is 5.41. The zero-order chi connectivity index (χ0) is 12.4. The highest BCUT2D eigenvalue weighted by molar-refractivity contribution is 5.54. The van der Waals surface area contributed by atoms with E-state index in [4.69, 9.17) is 4.52 Å². The van der Waals surface area contributed by atoms with E-state index < -0.39 is 0 Å². The van der Waals surface area contributed by atoms with Crippen LogP contribution in [0.3, 0.4) is 0 Å². The molecule has 4 heteroatoms. The van der Waals surface area contributed by atoms with Crippen molar-refractivity contribution < 1.29 is 9.84 Å². The fraction of sp³-hybridized carbons (Fsp3) is 0.429. The number of aromatic nitrogens is 2. The second-order valence-corrected chi connectivity index (χ2v) is 4.96. The van der Waals surface area contributed by atoms with Crippen molar-refractivity contribution in [3.05, 3.63) is 35.7 Å². The second-order valence-electron chi connectivity index (χ2n) is 4.96. The lowest BCUT2D eigenvalue weighted by Gasteiger charge is -2.15. The third-order valence-electron chi connectivity index (χ3n) is 3.54.